The number of nitrogens with zero attached hydrogens (tertiary/aromatic N) is 9. The van der Waals surface area contributed by atoms with Crippen LogP contribution < -0.4 is 5.32 Å². The summed E-state index contributed by atoms with van der Waals surface area (Å²) in [4.78, 5) is 8.91. The van der Waals surface area contributed by atoms with Crippen LogP contribution in [0, 0.1) is 0 Å². The molecule has 1 aromatic carbocycles. The number of aromatic nitrogens is 9. The summed E-state index contributed by atoms with van der Waals surface area (Å²) in [6, 6.07) is 11.7. The molecular weight excluding hydrogens is 368 g/mol. The fourth-order valence-electron chi connectivity index (χ4n) is 3.15. The third-order valence-corrected chi connectivity index (χ3v) is 4.76. The molecule has 10 nitrogen and oxygen atoms in total. The van der Waals surface area contributed by atoms with Gasteiger partial charge in [0.25, 0.3) is 0 Å². The van der Waals surface area contributed by atoms with E-state index >= 15 is 0 Å². The normalized spacial score (nSPS) is 11.2. The zero-order valence-electron chi connectivity index (χ0n) is 15.9. The maximum absolute atomic E-state index is 4.62. The van der Waals surface area contributed by atoms with Gasteiger partial charge in [-0.05, 0) is 24.3 Å². The van der Waals surface area contributed by atoms with E-state index in [0.717, 1.165) is 33.8 Å². The number of nitrogens with one attached hydrogen (secondary N) is 1. The van der Waals surface area contributed by atoms with E-state index in [2.05, 4.69) is 35.8 Å². The van der Waals surface area contributed by atoms with E-state index in [9.17, 15) is 0 Å². The van der Waals surface area contributed by atoms with Crippen molar-refractivity contribution in [3.8, 4) is 11.3 Å². The van der Waals surface area contributed by atoms with Crippen LogP contribution in [0.5, 0.6) is 0 Å². The maximum atomic E-state index is 4.62. The van der Waals surface area contributed by atoms with Gasteiger partial charge in [0.05, 0.1) is 29.6 Å². The highest BCUT2D eigenvalue weighted by molar-refractivity contribution is 5.80. The summed E-state index contributed by atoms with van der Waals surface area (Å²) in [5.41, 5.74) is 4.57. The highest BCUT2D eigenvalue weighted by Gasteiger charge is 2.10. The van der Waals surface area contributed by atoms with Gasteiger partial charge in [0.15, 0.2) is 0 Å². The van der Waals surface area contributed by atoms with Gasteiger partial charge < -0.3 is 5.32 Å². The van der Waals surface area contributed by atoms with Gasteiger partial charge in [-0.25, -0.2) is 14.6 Å². The van der Waals surface area contributed by atoms with Crippen LogP contribution in [-0.2, 0) is 20.6 Å². The lowest BCUT2D eigenvalue weighted by Gasteiger charge is -2.07. The van der Waals surface area contributed by atoms with Crippen molar-refractivity contribution in [2.24, 2.45) is 14.1 Å². The van der Waals surface area contributed by atoms with E-state index in [1.807, 2.05) is 59.9 Å². The molecule has 0 aliphatic rings. The van der Waals surface area contributed by atoms with Crippen LogP contribution in [0.15, 0.2) is 55.0 Å². The number of benzene rings is 1. The minimum Gasteiger partial charge on any atom is -0.309 e. The minimum absolute atomic E-state index is 0.506. The van der Waals surface area contributed by atoms with Crippen molar-refractivity contribution in [2.75, 3.05) is 5.32 Å². The Morgan fingerprint density at radius 3 is 2.59 bits per heavy atom. The summed E-state index contributed by atoms with van der Waals surface area (Å²) >= 11 is 0. The molecule has 10 heteroatoms. The van der Waals surface area contributed by atoms with E-state index in [4.69, 9.17) is 0 Å². The van der Waals surface area contributed by atoms with Crippen LogP contribution >= 0.6 is 0 Å². The molecule has 0 fully saturated rings. The molecule has 29 heavy (non-hydrogen) atoms. The molecule has 144 valence electrons. The van der Waals surface area contributed by atoms with Crippen molar-refractivity contribution in [3.05, 3.63) is 60.7 Å². The second-order valence-electron chi connectivity index (χ2n) is 6.63. The number of anilines is 2. The molecule has 0 aliphatic heterocycles. The highest BCUT2D eigenvalue weighted by Crippen LogP contribution is 2.23. The summed E-state index contributed by atoms with van der Waals surface area (Å²) in [7, 11) is 3.77. The van der Waals surface area contributed by atoms with Crippen molar-refractivity contribution >= 4 is 22.8 Å². The van der Waals surface area contributed by atoms with Crippen molar-refractivity contribution < 1.29 is 0 Å². The van der Waals surface area contributed by atoms with E-state index in [0.29, 0.717) is 12.5 Å². The Kier molecular flexibility index (Phi) is 4.01. The topological polar surface area (TPSA) is 104 Å². The van der Waals surface area contributed by atoms with Crippen LogP contribution in [0.4, 0.5) is 11.8 Å². The van der Waals surface area contributed by atoms with Crippen LogP contribution in [0.2, 0.25) is 0 Å². The van der Waals surface area contributed by atoms with E-state index < -0.39 is 0 Å². The Hall–Kier alpha value is -4.08. The van der Waals surface area contributed by atoms with Gasteiger partial charge >= 0.3 is 0 Å². The first-order valence-corrected chi connectivity index (χ1v) is 9.06. The molecule has 0 aliphatic carbocycles. The van der Waals surface area contributed by atoms with Crippen molar-refractivity contribution in [1.29, 1.82) is 0 Å². The first kappa shape index (κ1) is 17.0. The number of rotatable bonds is 5. The predicted molar refractivity (Wildman–Crippen MR) is 107 cm³/mol. The lowest BCUT2D eigenvalue weighted by atomic mass is 10.1. The second kappa shape index (κ2) is 6.82. The van der Waals surface area contributed by atoms with Crippen LogP contribution in [0.1, 0.15) is 5.69 Å². The molecule has 0 spiro atoms. The van der Waals surface area contributed by atoms with Gasteiger partial charge in [0.2, 0.25) is 5.95 Å². The highest BCUT2D eigenvalue weighted by atomic mass is 15.4. The molecule has 4 heterocycles. The Morgan fingerprint density at radius 1 is 0.931 bits per heavy atom. The summed E-state index contributed by atoms with van der Waals surface area (Å²) in [5.74, 6) is 1.32. The fourth-order valence-corrected chi connectivity index (χ4v) is 3.15. The quantitative estimate of drug-likeness (QED) is 0.493. The Labute approximate surface area is 165 Å². The van der Waals surface area contributed by atoms with Gasteiger partial charge in [-0.3, -0.25) is 9.36 Å². The lowest BCUT2D eigenvalue weighted by Crippen LogP contribution is -2.06. The third kappa shape index (κ3) is 3.20. The Morgan fingerprint density at radius 2 is 1.79 bits per heavy atom. The second-order valence-corrected chi connectivity index (χ2v) is 6.63. The number of hydrogen-bond acceptors (Lipinski definition) is 7. The summed E-state index contributed by atoms with van der Waals surface area (Å²) in [6.07, 6.45) is 5.22. The number of hydrogen-bond donors (Lipinski definition) is 1. The van der Waals surface area contributed by atoms with Gasteiger partial charge in [-0.2, -0.15) is 10.2 Å². The molecule has 0 saturated carbocycles. The molecule has 0 unspecified atom stereocenters. The third-order valence-electron chi connectivity index (χ3n) is 4.76. The summed E-state index contributed by atoms with van der Waals surface area (Å²) in [5, 5.41) is 20.1. The zero-order chi connectivity index (χ0) is 19.8. The van der Waals surface area contributed by atoms with Crippen LogP contribution in [0.3, 0.4) is 0 Å². The molecule has 0 radical (unpaired) electrons. The number of aryl methyl sites for hydroxylation is 2. The van der Waals surface area contributed by atoms with Gasteiger partial charge in [0.1, 0.15) is 11.3 Å². The van der Waals surface area contributed by atoms with Crippen molar-refractivity contribution in [3.63, 3.8) is 0 Å². The zero-order valence-corrected chi connectivity index (χ0v) is 15.9. The van der Waals surface area contributed by atoms with Gasteiger partial charge in [-0.1, -0.05) is 11.3 Å². The average Bonchev–Trinajstić information content (AvgIpc) is 3.44. The van der Waals surface area contributed by atoms with Crippen molar-refractivity contribution in [1.82, 2.24) is 44.5 Å². The molecule has 0 bridgehead atoms. The molecule has 0 atom stereocenters. The lowest BCUT2D eigenvalue weighted by molar-refractivity contribution is 0.614. The molecule has 0 saturated heterocycles. The van der Waals surface area contributed by atoms with E-state index in [1.165, 1.54) is 0 Å². The molecular formula is C19H18N10. The van der Waals surface area contributed by atoms with E-state index in [1.54, 1.807) is 23.3 Å². The minimum atomic E-state index is 0.506. The van der Waals surface area contributed by atoms with E-state index in [-0.39, 0.29) is 0 Å². The van der Waals surface area contributed by atoms with Gasteiger partial charge in [0, 0.05) is 38.1 Å². The van der Waals surface area contributed by atoms with Crippen molar-refractivity contribution in [2.45, 2.75) is 6.54 Å². The predicted octanol–water partition coefficient (Wildman–Crippen LogP) is 2.15. The summed E-state index contributed by atoms with van der Waals surface area (Å²) < 4.78 is 5.42. The molecule has 5 rings (SSSR count). The monoisotopic (exact) mass is 386 g/mol. The standard InChI is InChI=1S/C19H18N10/c1-27-14(5-9-21-27)12-29-17-4-3-13(11-16(17)25-26-29)15-6-8-20-19(23-15)24-18-7-10-22-28(18)2/h3-11H,12H2,1-2H3,(H,20,23,24). The van der Waals surface area contributed by atoms with Crippen LogP contribution in [-0.4, -0.2) is 44.5 Å². The maximum Gasteiger partial charge on any atom is 0.228 e. The SMILES string of the molecule is Cn1nccc1Cn1nnc2cc(-c3ccnc(Nc4ccnn4C)n3)ccc21. The molecule has 1 N–H and O–H groups in total. The molecule has 4 aromatic heterocycles. The first-order valence-electron chi connectivity index (χ1n) is 9.06. The van der Waals surface area contributed by atoms with Crippen LogP contribution in [0.25, 0.3) is 22.3 Å². The smallest absolute Gasteiger partial charge is 0.228 e. The Balaban J connectivity index is 1.44. The molecule has 0 amide bonds. The fraction of sp³-hybridized carbons (Fsp3) is 0.158. The first-order chi connectivity index (χ1) is 14.2. The largest absolute Gasteiger partial charge is 0.309 e. The summed E-state index contributed by atoms with van der Waals surface area (Å²) in [6.45, 7) is 0.610. The number of fused-ring (bicyclic) bond motifs is 1. The van der Waals surface area contributed by atoms with Gasteiger partial charge in [-0.15, -0.1) is 5.10 Å². The average molecular weight is 386 g/mol. The molecule has 5 aromatic rings. The Bertz CT molecular complexity index is 1300.